The maximum absolute atomic E-state index is 12.4. The number of aliphatic hydroxyl groups excluding tert-OH is 1. The van der Waals surface area contributed by atoms with E-state index in [2.05, 4.69) is 27.4 Å². The van der Waals surface area contributed by atoms with E-state index in [1.807, 2.05) is 18.2 Å². The zero-order valence-electron chi connectivity index (χ0n) is 14.7. The average molecular weight is 339 g/mol. The van der Waals surface area contributed by atoms with Gasteiger partial charge in [0.15, 0.2) is 0 Å². The zero-order valence-corrected chi connectivity index (χ0v) is 15.6. The molecule has 3 atom stereocenters. The van der Waals surface area contributed by atoms with Crippen LogP contribution in [0.25, 0.3) is 0 Å². The highest BCUT2D eigenvalue weighted by Gasteiger charge is 2.20. The van der Waals surface area contributed by atoms with E-state index in [-0.39, 0.29) is 5.60 Å². The second-order valence-electron chi connectivity index (χ2n) is 6.76. The van der Waals surface area contributed by atoms with Gasteiger partial charge in [0.2, 0.25) is 0 Å². The Labute approximate surface area is 143 Å². The molecule has 1 aromatic carbocycles. The first-order chi connectivity index (χ1) is 10.8. The van der Waals surface area contributed by atoms with Gasteiger partial charge in [0.05, 0.1) is 22.5 Å². The summed E-state index contributed by atoms with van der Waals surface area (Å²) in [6, 6.07) is 9.15. The van der Waals surface area contributed by atoms with Crippen LogP contribution in [-0.4, -0.2) is 28.1 Å². The van der Waals surface area contributed by atoms with Crippen molar-refractivity contribution in [1.82, 2.24) is 0 Å². The molecule has 0 saturated carbocycles. The molecule has 23 heavy (non-hydrogen) atoms. The molecule has 0 aliphatic carbocycles. The van der Waals surface area contributed by atoms with E-state index in [0.29, 0.717) is 22.1 Å². The third kappa shape index (κ3) is 6.98. The molecule has 1 rings (SSSR count). The molecule has 0 aliphatic heterocycles. The molecule has 0 amide bonds. The first kappa shape index (κ1) is 20.1. The van der Waals surface area contributed by atoms with Crippen molar-refractivity contribution >= 4 is 10.8 Å². The quantitative estimate of drug-likeness (QED) is 0.692. The van der Waals surface area contributed by atoms with E-state index >= 15 is 0 Å². The summed E-state index contributed by atoms with van der Waals surface area (Å²) in [5.41, 5.74) is -0.100. The second-order valence-corrected chi connectivity index (χ2v) is 8.29. The molecular weight excluding hydrogens is 308 g/mol. The van der Waals surface area contributed by atoms with Gasteiger partial charge in [0.25, 0.3) is 0 Å². The Hall–Kier alpha value is -0.970. The molecule has 0 heterocycles. The zero-order chi connectivity index (χ0) is 17.5. The number of hydrogen-bond acceptors (Lipinski definition) is 3. The van der Waals surface area contributed by atoms with Crippen LogP contribution in [0.1, 0.15) is 46.5 Å². The topological polar surface area (TPSA) is 46.5 Å². The van der Waals surface area contributed by atoms with Crippen LogP contribution in [0.5, 0.6) is 0 Å². The minimum atomic E-state index is -1.36. The van der Waals surface area contributed by atoms with Gasteiger partial charge >= 0.3 is 0 Å². The van der Waals surface area contributed by atoms with E-state index in [9.17, 15) is 9.32 Å². The molecule has 0 saturated heterocycles. The highest BCUT2D eigenvalue weighted by molar-refractivity contribution is 7.89. The van der Waals surface area contributed by atoms with Gasteiger partial charge in [0, 0.05) is 16.9 Å². The molecule has 1 aromatic rings. The number of benzene rings is 1. The summed E-state index contributed by atoms with van der Waals surface area (Å²) < 4.78 is 17.8. The summed E-state index contributed by atoms with van der Waals surface area (Å²) in [5, 5.41) is 10.3. The van der Waals surface area contributed by atoms with Gasteiger partial charge in [-0.25, -0.2) is 4.21 Å². The predicted molar refractivity (Wildman–Crippen MR) is 96.7 cm³/mol. The fourth-order valence-corrected chi connectivity index (χ4v) is 3.48. The number of aliphatic hydroxyl groups is 1. The van der Waals surface area contributed by atoms with Crippen LogP contribution in [0, 0.1) is 5.92 Å². The van der Waals surface area contributed by atoms with Gasteiger partial charge in [0.1, 0.15) is 0 Å². The predicted octanol–water partition coefficient (Wildman–Crippen LogP) is 4.29. The lowest BCUT2D eigenvalue weighted by molar-refractivity contribution is 0.0124. The van der Waals surface area contributed by atoms with Crippen molar-refractivity contribution in [2.45, 2.75) is 63.1 Å². The van der Waals surface area contributed by atoms with E-state index in [0.717, 1.165) is 19.3 Å². The Morgan fingerprint density at radius 3 is 2.52 bits per heavy atom. The molecule has 4 heteroatoms. The number of hydrogen-bond donors (Lipinski definition) is 1. The monoisotopic (exact) mass is 338 g/mol. The third-order valence-corrected chi connectivity index (χ3v) is 5.67. The highest BCUT2D eigenvalue weighted by atomic mass is 32.2. The van der Waals surface area contributed by atoms with Crippen LogP contribution in [0.3, 0.4) is 0 Å². The van der Waals surface area contributed by atoms with Crippen LogP contribution < -0.4 is 0 Å². The van der Waals surface area contributed by atoms with Gasteiger partial charge in [-0.15, -0.1) is 0 Å². The smallest absolute Gasteiger partial charge is 0.0873 e. The van der Waals surface area contributed by atoms with E-state index in [1.165, 1.54) is 0 Å². The number of ether oxygens (including phenoxy) is 1. The standard InChI is InChI=1S/C19H30O3S/c1-15(10-9-13-19(3,4)22-5)14-18(20)16(2)23(21)17-11-7-6-8-12-17/h6-8,11-12,15,18,20H,2,9-10,13-14H2,1,3-5H3. The lowest BCUT2D eigenvalue weighted by Crippen LogP contribution is -2.22. The van der Waals surface area contributed by atoms with Crippen molar-refractivity contribution < 1.29 is 14.1 Å². The molecule has 130 valence electrons. The summed E-state index contributed by atoms with van der Waals surface area (Å²) in [5.74, 6) is 0.349. The molecule has 0 aromatic heterocycles. The van der Waals surface area contributed by atoms with Gasteiger partial charge in [-0.1, -0.05) is 44.5 Å². The van der Waals surface area contributed by atoms with Crippen molar-refractivity contribution in [1.29, 1.82) is 0 Å². The Balaban J connectivity index is 2.44. The Bertz CT molecular complexity index is 511. The summed E-state index contributed by atoms with van der Waals surface area (Å²) in [6.07, 6.45) is 2.89. The minimum Gasteiger partial charge on any atom is -0.388 e. The first-order valence-electron chi connectivity index (χ1n) is 8.15. The van der Waals surface area contributed by atoms with Crippen molar-refractivity contribution in [3.8, 4) is 0 Å². The molecule has 0 radical (unpaired) electrons. The van der Waals surface area contributed by atoms with Gasteiger partial charge in [-0.2, -0.15) is 0 Å². The average Bonchev–Trinajstić information content (AvgIpc) is 2.54. The summed E-state index contributed by atoms with van der Waals surface area (Å²) >= 11 is 0. The molecule has 0 aliphatic rings. The second kappa shape index (κ2) is 9.36. The molecule has 0 bridgehead atoms. The van der Waals surface area contributed by atoms with Crippen LogP contribution in [0.4, 0.5) is 0 Å². The molecular formula is C19H30O3S. The number of methoxy groups -OCH3 is 1. The first-order valence-corrected chi connectivity index (χ1v) is 9.30. The van der Waals surface area contributed by atoms with Crippen molar-refractivity contribution in [3.05, 3.63) is 41.8 Å². The third-order valence-electron chi connectivity index (χ3n) is 4.22. The van der Waals surface area contributed by atoms with Gasteiger partial charge < -0.3 is 9.84 Å². The maximum Gasteiger partial charge on any atom is 0.0873 e. The van der Waals surface area contributed by atoms with Crippen LogP contribution in [0.15, 0.2) is 46.7 Å². The lowest BCUT2D eigenvalue weighted by atomic mass is 9.93. The lowest BCUT2D eigenvalue weighted by Gasteiger charge is -2.24. The van der Waals surface area contributed by atoms with Crippen LogP contribution in [-0.2, 0) is 15.5 Å². The van der Waals surface area contributed by atoms with Gasteiger partial charge in [-0.3, -0.25) is 0 Å². The van der Waals surface area contributed by atoms with Gasteiger partial charge in [-0.05, 0) is 44.7 Å². The Kier molecular flexibility index (Phi) is 8.17. The van der Waals surface area contributed by atoms with E-state index in [1.54, 1.807) is 19.2 Å². The Morgan fingerprint density at radius 1 is 1.35 bits per heavy atom. The van der Waals surface area contributed by atoms with Crippen molar-refractivity contribution in [3.63, 3.8) is 0 Å². The SMILES string of the molecule is C=C(C(O)CC(C)CCCC(C)(C)OC)S(=O)c1ccccc1. The molecule has 0 fully saturated rings. The van der Waals surface area contributed by atoms with Crippen molar-refractivity contribution in [2.75, 3.05) is 7.11 Å². The normalized spacial score (nSPS) is 15.9. The van der Waals surface area contributed by atoms with Crippen LogP contribution in [0.2, 0.25) is 0 Å². The summed E-state index contributed by atoms with van der Waals surface area (Å²) in [7, 11) is 0.372. The van der Waals surface area contributed by atoms with E-state index in [4.69, 9.17) is 4.74 Å². The highest BCUT2D eigenvalue weighted by Crippen LogP contribution is 2.24. The summed E-state index contributed by atoms with van der Waals surface area (Å²) in [4.78, 5) is 1.08. The summed E-state index contributed by atoms with van der Waals surface area (Å²) in [6.45, 7) is 10.1. The minimum absolute atomic E-state index is 0.100. The Morgan fingerprint density at radius 2 is 1.96 bits per heavy atom. The fraction of sp³-hybridized carbons (Fsp3) is 0.579. The molecule has 3 nitrogen and oxygen atoms in total. The van der Waals surface area contributed by atoms with Crippen LogP contribution >= 0.6 is 0 Å². The molecule has 3 unspecified atom stereocenters. The largest absolute Gasteiger partial charge is 0.388 e. The molecule has 0 spiro atoms. The van der Waals surface area contributed by atoms with E-state index < -0.39 is 16.9 Å². The fourth-order valence-electron chi connectivity index (χ4n) is 2.43. The molecule has 1 N–H and O–H groups in total. The van der Waals surface area contributed by atoms with Crippen molar-refractivity contribution in [2.24, 2.45) is 5.92 Å². The maximum atomic E-state index is 12.4. The number of rotatable bonds is 10.